The van der Waals surface area contributed by atoms with Crippen LogP contribution in [0.2, 0.25) is 0 Å². The fourth-order valence-corrected chi connectivity index (χ4v) is 1.91. The Labute approximate surface area is 163 Å². The molecular weight excluding hydrogens is 433 g/mol. The molecule has 2 N–H and O–H groups in total. The van der Waals surface area contributed by atoms with Crippen molar-refractivity contribution in [2.24, 2.45) is 4.99 Å². The molecule has 2 aromatic rings. The minimum atomic E-state index is -0.418. The number of nitrogens with zero attached hydrogens (tertiary/aromatic N) is 3. The van der Waals surface area contributed by atoms with Gasteiger partial charge in [0.2, 0.25) is 0 Å². The largest absolute Gasteiger partial charge is 0.353 e. The second kappa shape index (κ2) is 11.1. The van der Waals surface area contributed by atoms with Crippen molar-refractivity contribution >= 4 is 35.6 Å². The van der Waals surface area contributed by atoms with Crippen LogP contribution in [0, 0.1) is 10.1 Å². The van der Waals surface area contributed by atoms with Crippen molar-refractivity contribution in [3.8, 4) is 0 Å². The standard InChI is InChI=1S/C17H19N5O2.HI/c1-2-10-19-17(21-13-15-5-3-4-11-18-15)20-12-14-6-8-16(9-7-14)22(23)24;/h2-9,11H,1,10,12-13H2,(H2,19,20,21);1H. The number of hydrogen-bond acceptors (Lipinski definition) is 4. The van der Waals surface area contributed by atoms with Crippen molar-refractivity contribution in [1.29, 1.82) is 0 Å². The van der Waals surface area contributed by atoms with Crippen LogP contribution in [-0.4, -0.2) is 22.4 Å². The first kappa shape index (κ1) is 20.6. The molecule has 2 rings (SSSR count). The zero-order valence-electron chi connectivity index (χ0n) is 13.6. The molecule has 1 aromatic heterocycles. The quantitative estimate of drug-likeness (QED) is 0.168. The molecule has 0 aliphatic heterocycles. The van der Waals surface area contributed by atoms with Gasteiger partial charge in [0.1, 0.15) is 0 Å². The monoisotopic (exact) mass is 453 g/mol. The second-order valence-corrected chi connectivity index (χ2v) is 4.93. The van der Waals surface area contributed by atoms with Gasteiger partial charge in [0.15, 0.2) is 5.96 Å². The molecule has 132 valence electrons. The zero-order valence-corrected chi connectivity index (χ0v) is 15.9. The third-order valence-corrected chi connectivity index (χ3v) is 3.14. The zero-order chi connectivity index (χ0) is 17.2. The highest BCUT2D eigenvalue weighted by atomic mass is 127. The molecule has 0 saturated carbocycles. The van der Waals surface area contributed by atoms with Gasteiger partial charge < -0.3 is 10.6 Å². The number of guanidine groups is 1. The van der Waals surface area contributed by atoms with E-state index in [0.717, 1.165) is 11.3 Å². The molecule has 1 heterocycles. The SMILES string of the molecule is C=CCNC(=NCc1ccc([N+](=O)[O-])cc1)NCc1ccccn1.I. The summed E-state index contributed by atoms with van der Waals surface area (Å²) in [6.07, 6.45) is 3.48. The number of aromatic nitrogens is 1. The van der Waals surface area contributed by atoms with Gasteiger partial charge in [-0.15, -0.1) is 30.6 Å². The van der Waals surface area contributed by atoms with Crippen LogP contribution >= 0.6 is 24.0 Å². The van der Waals surface area contributed by atoms with Gasteiger partial charge in [-0.25, -0.2) is 4.99 Å². The van der Waals surface area contributed by atoms with Crippen molar-refractivity contribution in [2.45, 2.75) is 13.1 Å². The van der Waals surface area contributed by atoms with Crippen molar-refractivity contribution in [3.05, 3.63) is 82.7 Å². The normalized spacial score (nSPS) is 10.5. The molecule has 0 amide bonds. The summed E-state index contributed by atoms with van der Waals surface area (Å²) < 4.78 is 0. The number of halogens is 1. The molecule has 8 heteroatoms. The highest BCUT2D eigenvalue weighted by Gasteiger charge is 2.04. The summed E-state index contributed by atoms with van der Waals surface area (Å²) in [5, 5.41) is 17.0. The third kappa shape index (κ3) is 7.29. The van der Waals surface area contributed by atoms with Crippen LogP contribution in [0.5, 0.6) is 0 Å². The van der Waals surface area contributed by atoms with Crippen molar-refractivity contribution in [2.75, 3.05) is 6.54 Å². The van der Waals surface area contributed by atoms with E-state index in [1.165, 1.54) is 12.1 Å². The van der Waals surface area contributed by atoms with Gasteiger partial charge in [0, 0.05) is 24.9 Å². The van der Waals surface area contributed by atoms with Crippen LogP contribution < -0.4 is 10.6 Å². The number of rotatable bonds is 7. The summed E-state index contributed by atoms with van der Waals surface area (Å²) >= 11 is 0. The summed E-state index contributed by atoms with van der Waals surface area (Å²) in [6, 6.07) is 12.1. The highest BCUT2D eigenvalue weighted by Crippen LogP contribution is 2.12. The minimum absolute atomic E-state index is 0. The van der Waals surface area contributed by atoms with Crippen LogP contribution in [0.4, 0.5) is 5.69 Å². The molecule has 0 spiro atoms. The number of non-ortho nitro benzene ring substituents is 1. The molecule has 7 nitrogen and oxygen atoms in total. The van der Waals surface area contributed by atoms with Crippen LogP contribution in [0.15, 0.2) is 66.3 Å². The van der Waals surface area contributed by atoms with Gasteiger partial charge in [0.05, 0.1) is 23.7 Å². The Morgan fingerprint density at radius 2 is 2.00 bits per heavy atom. The summed E-state index contributed by atoms with van der Waals surface area (Å²) in [5.74, 6) is 0.624. The average Bonchev–Trinajstić information content (AvgIpc) is 2.62. The smallest absolute Gasteiger partial charge is 0.269 e. The van der Waals surface area contributed by atoms with Gasteiger partial charge in [-0.05, 0) is 17.7 Å². The number of hydrogen-bond donors (Lipinski definition) is 2. The van der Waals surface area contributed by atoms with E-state index < -0.39 is 4.92 Å². The Kier molecular flexibility index (Phi) is 9.15. The predicted octanol–water partition coefficient (Wildman–Crippen LogP) is 3.03. The van der Waals surface area contributed by atoms with E-state index in [1.54, 1.807) is 24.4 Å². The Bertz CT molecular complexity index is 705. The lowest BCUT2D eigenvalue weighted by Gasteiger charge is -2.11. The summed E-state index contributed by atoms with van der Waals surface area (Å²) in [7, 11) is 0. The van der Waals surface area contributed by atoms with Gasteiger partial charge >= 0.3 is 0 Å². The van der Waals surface area contributed by atoms with Gasteiger partial charge in [-0.3, -0.25) is 15.1 Å². The van der Waals surface area contributed by atoms with E-state index in [-0.39, 0.29) is 29.7 Å². The van der Waals surface area contributed by atoms with E-state index in [9.17, 15) is 10.1 Å². The van der Waals surface area contributed by atoms with Gasteiger partial charge in [-0.1, -0.05) is 24.3 Å². The van der Waals surface area contributed by atoms with Gasteiger partial charge in [0.25, 0.3) is 5.69 Å². The molecule has 0 atom stereocenters. The first-order chi connectivity index (χ1) is 11.7. The van der Waals surface area contributed by atoms with E-state index in [1.807, 2.05) is 18.2 Å². The van der Waals surface area contributed by atoms with Crippen LogP contribution in [0.1, 0.15) is 11.3 Å². The molecule has 0 unspecified atom stereocenters. The molecule has 0 aliphatic carbocycles. The molecule has 0 radical (unpaired) electrons. The van der Waals surface area contributed by atoms with Crippen molar-refractivity contribution in [1.82, 2.24) is 15.6 Å². The lowest BCUT2D eigenvalue weighted by atomic mass is 10.2. The van der Waals surface area contributed by atoms with Gasteiger partial charge in [-0.2, -0.15) is 0 Å². The third-order valence-electron chi connectivity index (χ3n) is 3.14. The molecule has 25 heavy (non-hydrogen) atoms. The number of pyridine rings is 1. The number of aliphatic imine (C=N–C) groups is 1. The Hall–Kier alpha value is -2.49. The number of benzene rings is 1. The van der Waals surface area contributed by atoms with E-state index >= 15 is 0 Å². The molecular formula is C17H20IN5O2. The second-order valence-electron chi connectivity index (χ2n) is 4.93. The lowest BCUT2D eigenvalue weighted by molar-refractivity contribution is -0.384. The summed E-state index contributed by atoms with van der Waals surface area (Å²) in [5.41, 5.74) is 1.86. The molecule has 0 aliphatic rings. The fourth-order valence-electron chi connectivity index (χ4n) is 1.91. The maximum absolute atomic E-state index is 10.7. The van der Waals surface area contributed by atoms with Crippen LogP contribution in [0.25, 0.3) is 0 Å². The number of nitrogens with one attached hydrogen (secondary N) is 2. The Balaban J connectivity index is 0.00000312. The minimum Gasteiger partial charge on any atom is -0.353 e. The first-order valence-electron chi connectivity index (χ1n) is 7.45. The Morgan fingerprint density at radius 3 is 2.60 bits per heavy atom. The molecule has 0 saturated heterocycles. The molecule has 1 aromatic carbocycles. The summed E-state index contributed by atoms with van der Waals surface area (Å²) in [4.78, 5) is 19.0. The van der Waals surface area contributed by atoms with E-state index in [4.69, 9.17) is 0 Å². The number of nitro groups is 1. The van der Waals surface area contributed by atoms with E-state index in [2.05, 4.69) is 27.2 Å². The van der Waals surface area contributed by atoms with Crippen molar-refractivity contribution in [3.63, 3.8) is 0 Å². The van der Waals surface area contributed by atoms with Crippen molar-refractivity contribution < 1.29 is 4.92 Å². The maximum Gasteiger partial charge on any atom is 0.269 e. The number of nitro benzene ring substituents is 1. The summed E-state index contributed by atoms with van der Waals surface area (Å²) in [6.45, 7) is 5.21. The first-order valence-corrected chi connectivity index (χ1v) is 7.45. The maximum atomic E-state index is 10.7. The Morgan fingerprint density at radius 1 is 1.24 bits per heavy atom. The lowest BCUT2D eigenvalue weighted by Crippen LogP contribution is -2.37. The van der Waals surface area contributed by atoms with Crippen LogP contribution in [0.3, 0.4) is 0 Å². The van der Waals surface area contributed by atoms with E-state index in [0.29, 0.717) is 25.6 Å². The highest BCUT2D eigenvalue weighted by molar-refractivity contribution is 14.0. The molecule has 0 bridgehead atoms. The predicted molar refractivity (Wildman–Crippen MR) is 109 cm³/mol. The molecule has 0 fully saturated rings. The van der Waals surface area contributed by atoms with Crippen LogP contribution in [-0.2, 0) is 13.1 Å². The average molecular weight is 453 g/mol. The fraction of sp³-hybridized carbons (Fsp3) is 0.176. The topological polar surface area (TPSA) is 92.5 Å².